The lowest BCUT2D eigenvalue weighted by Gasteiger charge is -1.93. The van der Waals surface area contributed by atoms with E-state index >= 15 is 0 Å². The van der Waals surface area contributed by atoms with E-state index in [1.165, 1.54) is 19.1 Å². The molecule has 0 unspecified atom stereocenters. The Morgan fingerprint density at radius 2 is 1.76 bits per heavy atom. The third-order valence-electron chi connectivity index (χ3n) is 1.33. The smallest absolute Gasteiger partial charge is 0.305 e. The highest BCUT2D eigenvalue weighted by molar-refractivity contribution is 5.68. The summed E-state index contributed by atoms with van der Waals surface area (Å²) in [7, 11) is 0. The molecule has 1 aromatic rings. The van der Waals surface area contributed by atoms with Gasteiger partial charge in [-0.3, -0.25) is 4.79 Å². The highest BCUT2D eigenvalue weighted by atomic mass is 19.1. The van der Waals surface area contributed by atoms with Crippen molar-refractivity contribution in [2.75, 3.05) is 6.61 Å². The van der Waals surface area contributed by atoms with Crippen LogP contribution in [0.25, 0.3) is 0 Å². The minimum absolute atomic E-state index is 0.123. The highest BCUT2D eigenvalue weighted by Crippen LogP contribution is 1.91. The molecule has 0 aliphatic carbocycles. The number of halogens is 1. The number of hydrogen-bond acceptors (Lipinski definition) is 3. The van der Waals surface area contributed by atoms with Crippen LogP contribution in [-0.4, -0.2) is 18.9 Å². The molecular formula is C13H19FO3. The van der Waals surface area contributed by atoms with Crippen molar-refractivity contribution >= 4 is 12.3 Å². The zero-order valence-electron chi connectivity index (χ0n) is 10.5. The molecular weight excluding hydrogens is 223 g/mol. The van der Waals surface area contributed by atoms with Crippen LogP contribution in [0.4, 0.5) is 4.39 Å². The number of carbonyl (C=O) groups is 2. The Kier molecular flexibility index (Phi) is 14.9. The lowest BCUT2D eigenvalue weighted by atomic mass is 10.4. The number of esters is 1. The fourth-order valence-electron chi connectivity index (χ4n) is 0.678. The average Bonchev–Trinajstić information content (AvgIpc) is 2.32. The minimum Gasteiger partial charge on any atom is -0.466 e. The fourth-order valence-corrected chi connectivity index (χ4v) is 0.678. The Hall–Kier alpha value is -1.71. The van der Waals surface area contributed by atoms with Crippen molar-refractivity contribution in [3.63, 3.8) is 0 Å². The van der Waals surface area contributed by atoms with Crippen molar-refractivity contribution in [3.05, 3.63) is 36.1 Å². The van der Waals surface area contributed by atoms with E-state index in [0.29, 0.717) is 13.0 Å². The summed E-state index contributed by atoms with van der Waals surface area (Å²) in [6, 6.07) is 7.94. The summed E-state index contributed by atoms with van der Waals surface area (Å²) in [5, 5.41) is 0. The molecule has 0 heterocycles. The van der Waals surface area contributed by atoms with Gasteiger partial charge in [-0.25, -0.2) is 4.39 Å². The quantitative estimate of drug-likeness (QED) is 0.591. The predicted molar refractivity (Wildman–Crippen MR) is 65.1 cm³/mol. The molecule has 0 N–H and O–H groups in total. The number of aldehydes is 1. The van der Waals surface area contributed by atoms with Gasteiger partial charge < -0.3 is 9.53 Å². The topological polar surface area (TPSA) is 43.4 Å². The normalized spacial score (nSPS) is 7.76. The van der Waals surface area contributed by atoms with Crippen molar-refractivity contribution in [3.8, 4) is 0 Å². The van der Waals surface area contributed by atoms with Crippen LogP contribution in [0, 0.1) is 5.82 Å². The molecule has 1 rings (SSSR count). The molecule has 0 saturated heterocycles. The van der Waals surface area contributed by atoms with E-state index in [9.17, 15) is 9.18 Å². The van der Waals surface area contributed by atoms with Gasteiger partial charge in [0.2, 0.25) is 0 Å². The Morgan fingerprint density at radius 1 is 1.29 bits per heavy atom. The highest BCUT2D eigenvalue weighted by Gasteiger charge is 1.91. The largest absolute Gasteiger partial charge is 0.466 e. The van der Waals surface area contributed by atoms with Crippen LogP contribution in [0.1, 0.15) is 27.2 Å². The first kappa shape index (κ1) is 17.7. The third kappa shape index (κ3) is 16.9. The summed E-state index contributed by atoms with van der Waals surface area (Å²) in [6.07, 6.45) is 1.23. The van der Waals surface area contributed by atoms with Crippen molar-refractivity contribution in [2.24, 2.45) is 0 Å². The Bertz CT molecular complexity index is 286. The van der Waals surface area contributed by atoms with Crippen LogP contribution in [0.3, 0.4) is 0 Å². The van der Waals surface area contributed by atoms with Crippen LogP contribution in [0.15, 0.2) is 30.3 Å². The van der Waals surface area contributed by atoms with Gasteiger partial charge >= 0.3 is 5.97 Å². The molecule has 1 aromatic carbocycles. The second-order valence-corrected chi connectivity index (χ2v) is 2.69. The predicted octanol–water partition coefficient (Wildman–Crippen LogP) is 2.99. The molecule has 17 heavy (non-hydrogen) atoms. The first-order chi connectivity index (χ1) is 8.12. The summed E-state index contributed by atoms with van der Waals surface area (Å²) in [5.41, 5.74) is 0. The molecule has 0 saturated carbocycles. The van der Waals surface area contributed by atoms with Gasteiger partial charge in [0.05, 0.1) is 6.61 Å². The first-order valence-electron chi connectivity index (χ1n) is 5.38. The van der Waals surface area contributed by atoms with E-state index in [0.717, 1.165) is 6.29 Å². The van der Waals surface area contributed by atoms with Gasteiger partial charge in [-0.1, -0.05) is 25.1 Å². The van der Waals surface area contributed by atoms with E-state index in [1.807, 2.05) is 0 Å². The van der Waals surface area contributed by atoms with Gasteiger partial charge in [0, 0.05) is 6.42 Å². The summed E-state index contributed by atoms with van der Waals surface area (Å²) in [5.74, 6) is -0.301. The van der Waals surface area contributed by atoms with Crippen LogP contribution >= 0.6 is 0 Å². The summed E-state index contributed by atoms with van der Waals surface area (Å²) < 4.78 is 16.5. The number of rotatable bonds is 2. The molecule has 0 radical (unpaired) electrons. The Labute approximate surface area is 102 Å². The van der Waals surface area contributed by atoms with E-state index in [2.05, 4.69) is 4.74 Å². The molecule has 0 fully saturated rings. The molecule has 0 spiro atoms. The van der Waals surface area contributed by atoms with E-state index in [-0.39, 0.29) is 11.8 Å². The molecule has 0 bridgehead atoms. The van der Waals surface area contributed by atoms with Gasteiger partial charge in [-0.05, 0) is 26.0 Å². The minimum atomic E-state index is -0.178. The molecule has 0 amide bonds. The van der Waals surface area contributed by atoms with E-state index in [1.54, 1.807) is 32.0 Å². The zero-order chi connectivity index (χ0) is 13.5. The van der Waals surface area contributed by atoms with Gasteiger partial charge in [0.25, 0.3) is 0 Å². The summed E-state index contributed by atoms with van der Waals surface area (Å²) in [4.78, 5) is 19.0. The van der Waals surface area contributed by atoms with Gasteiger partial charge in [-0.2, -0.15) is 0 Å². The van der Waals surface area contributed by atoms with Crippen molar-refractivity contribution in [1.29, 1.82) is 0 Å². The Morgan fingerprint density at radius 3 is 1.94 bits per heavy atom. The number of benzene rings is 1. The van der Waals surface area contributed by atoms with Crippen molar-refractivity contribution < 1.29 is 18.7 Å². The maximum atomic E-state index is 11.9. The Balaban J connectivity index is 0. The lowest BCUT2D eigenvalue weighted by Crippen LogP contribution is -2.00. The standard InChI is InChI=1S/C6H5F.C5H10O2.C2H4O/c7-6-4-2-1-3-5-6;1-3-5(6)7-4-2;1-2-3/h1-5H;3-4H2,1-2H3;2H,1H3. The maximum Gasteiger partial charge on any atom is 0.305 e. The zero-order valence-corrected chi connectivity index (χ0v) is 10.5. The fraction of sp³-hybridized carbons (Fsp3) is 0.385. The monoisotopic (exact) mass is 242 g/mol. The van der Waals surface area contributed by atoms with E-state index < -0.39 is 0 Å². The molecule has 0 atom stereocenters. The summed E-state index contributed by atoms with van der Waals surface area (Å²) in [6.45, 7) is 5.51. The second-order valence-electron chi connectivity index (χ2n) is 2.69. The number of hydrogen-bond donors (Lipinski definition) is 0. The van der Waals surface area contributed by atoms with Gasteiger partial charge in [0.1, 0.15) is 12.1 Å². The number of carbonyl (C=O) groups excluding carboxylic acids is 2. The third-order valence-corrected chi connectivity index (χ3v) is 1.33. The maximum absolute atomic E-state index is 11.9. The van der Waals surface area contributed by atoms with Crippen LogP contribution in [-0.2, 0) is 14.3 Å². The molecule has 0 aromatic heterocycles. The van der Waals surface area contributed by atoms with Crippen molar-refractivity contribution in [1.82, 2.24) is 0 Å². The molecule has 4 heteroatoms. The SMILES string of the molecule is CC=O.CCOC(=O)CC.Fc1ccccc1. The molecule has 3 nitrogen and oxygen atoms in total. The van der Waals surface area contributed by atoms with Crippen LogP contribution in [0.5, 0.6) is 0 Å². The molecule has 0 aliphatic heterocycles. The van der Waals surface area contributed by atoms with Crippen LogP contribution < -0.4 is 0 Å². The molecule has 0 aliphatic rings. The van der Waals surface area contributed by atoms with E-state index in [4.69, 9.17) is 4.79 Å². The van der Waals surface area contributed by atoms with Crippen molar-refractivity contribution in [2.45, 2.75) is 27.2 Å². The summed E-state index contributed by atoms with van der Waals surface area (Å²) >= 11 is 0. The average molecular weight is 242 g/mol. The van der Waals surface area contributed by atoms with Crippen LogP contribution in [0.2, 0.25) is 0 Å². The molecule has 96 valence electrons. The lowest BCUT2D eigenvalue weighted by molar-refractivity contribution is -0.142. The van der Waals surface area contributed by atoms with Gasteiger partial charge in [-0.15, -0.1) is 0 Å². The first-order valence-corrected chi connectivity index (χ1v) is 5.38. The number of ether oxygens (including phenoxy) is 1. The second kappa shape index (κ2) is 14.3. The van der Waals surface area contributed by atoms with Gasteiger partial charge in [0.15, 0.2) is 0 Å².